The molecule has 1 aromatic heterocycles. The average molecular weight is 294 g/mol. The Morgan fingerprint density at radius 2 is 2.33 bits per heavy atom. The van der Waals surface area contributed by atoms with Crippen LogP contribution in [0.1, 0.15) is 19.3 Å². The zero-order valence-electron chi connectivity index (χ0n) is 11.9. The highest BCUT2D eigenvalue weighted by Crippen LogP contribution is 2.31. The van der Waals surface area contributed by atoms with E-state index >= 15 is 0 Å². The smallest absolute Gasteiger partial charge is 0.410 e. The zero-order chi connectivity index (χ0) is 14.9. The van der Waals surface area contributed by atoms with E-state index in [0.717, 1.165) is 0 Å². The molecule has 3 heterocycles. The Bertz CT molecular complexity index is 533. The third-order valence-electron chi connectivity index (χ3n) is 3.98. The second kappa shape index (κ2) is 5.30. The van der Waals surface area contributed by atoms with Crippen LogP contribution in [0.3, 0.4) is 0 Å². The normalized spacial score (nSPS) is 24.9. The summed E-state index contributed by atoms with van der Waals surface area (Å²) in [6.07, 6.45) is 3.07. The summed E-state index contributed by atoms with van der Waals surface area (Å²) in [5.41, 5.74) is -0.503. The quantitative estimate of drug-likeness (QED) is 0.743. The van der Waals surface area contributed by atoms with Crippen LogP contribution in [0.5, 0.6) is 0 Å². The highest BCUT2D eigenvalue weighted by molar-refractivity contribution is 5.77. The minimum Gasteiger partial charge on any atom is -0.439 e. The molecule has 2 amide bonds. The largest absolute Gasteiger partial charge is 0.439 e. The van der Waals surface area contributed by atoms with E-state index in [1.54, 1.807) is 21.5 Å². The van der Waals surface area contributed by atoms with E-state index in [9.17, 15) is 9.59 Å². The van der Waals surface area contributed by atoms with Gasteiger partial charge in [0.25, 0.3) is 0 Å². The van der Waals surface area contributed by atoms with Crippen LogP contribution in [0.25, 0.3) is 0 Å². The van der Waals surface area contributed by atoms with Gasteiger partial charge in [-0.3, -0.25) is 4.79 Å². The Hall–Kier alpha value is -2.19. The summed E-state index contributed by atoms with van der Waals surface area (Å²) in [7, 11) is 1.72. The molecular weight excluding hydrogens is 276 g/mol. The Morgan fingerprint density at radius 3 is 3.00 bits per heavy atom. The van der Waals surface area contributed by atoms with Crippen LogP contribution >= 0.6 is 0 Å². The van der Waals surface area contributed by atoms with Crippen molar-refractivity contribution in [3.63, 3.8) is 0 Å². The molecule has 9 heteroatoms. The summed E-state index contributed by atoms with van der Waals surface area (Å²) in [6, 6.07) is 0. The summed E-state index contributed by atoms with van der Waals surface area (Å²) in [6.45, 7) is 2.31. The Kier molecular flexibility index (Phi) is 3.48. The molecular formula is C12H18N6O3. The number of ether oxygens (including phenoxy) is 1. The van der Waals surface area contributed by atoms with Crippen molar-refractivity contribution in [2.45, 2.75) is 31.4 Å². The summed E-state index contributed by atoms with van der Waals surface area (Å²) in [5.74, 6) is 0.0885. The number of carbonyl (C=O) groups is 2. The first-order valence-electron chi connectivity index (χ1n) is 7.01. The number of likely N-dealkylation sites (N-methyl/N-ethyl adjacent to an activating group) is 1. The molecule has 0 radical (unpaired) electrons. The number of aryl methyl sites for hydroxylation is 1. The third kappa shape index (κ3) is 2.81. The minimum atomic E-state index is -0.503. The Balaban J connectivity index is 1.47. The second-order valence-corrected chi connectivity index (χ2v) is 5.65. The van der Waals surface area contributed by atoms with Crippen molar-refractivity contribution in [2.24, 2.45) is 0 Å². The fourth-order valence-electron chi connectivity index (χ4n) is 2.90. The molecule has 1 atom stereocenters. The number of amides is 2. The molecule has 2 aliphatic rings. The van der Waals surface area contributed by atoms with E-state index in [4.69, 9.17) is 4.74 Å². The van der Waals surface area contributed by atoms with Crippen molar-refractivity contribution >= 4 is 12.0 Å². The van der Waals surface area contributed by atoms with Gasteiger partial charge in [0.15, 0.2) is 5.60 Å². The third-order valence-corrected chi connectivity index (χ3v) is 3.98. The number of nitrogens with zero attached hydrogens (tertiary/aromatic N) is 6. The number of rotatable bonds is 4. The van der Waals surface area contributed by atoms with Gasteiger partial charge in [-0.2, -0.15) is 0 Å². The van der Waals surface area contributed by atoms with Gasteiger partial charge in [0.2, 0.25) is 5.91 Å². The first-order chi connectivity index (χ1) is 10.1. The number of tetrazole rings is 1. The lowest BCUT2D eigenvalue weighted by Crippen LogP contribution is -2.39. The van der Waals surface area contributed by atoms with Gasteiger partial charge in [0.05, 0.1) is 13.1 Å². The first-order valence-corrected chi connectivity index (χ1v) is 7.01. The Labute approximate surface area is 121 Å². The summed E-state index contributed by atoms with van der Waals surface area (Å²) in [5, 5.41) is 10.8. The van der Waals surface area contributed by atoms with Crippen molar-refractivity contribution < 1.29 is 14.3 Å². The summed E-state index contributed by atoms with van der Waals surface area (Å²) >= 11 is 0. The maximum atomic E-state index is 12.2. The van der Waals surface area contributed by atoms with Crippen LogP contribution in [0.15, 0.2) is 6.33 Å². The van der Waals surface area contributed by atoms with E-state index in [-0.39, 0.29) is 12.0 Å². The highest BCUT2D eigenvalue weighted by atomic mass is 16.6. The number of hydrogen-bond acceptors (Lipinski definition) is 6. The van der Waals surface area contributed by atoms with Crippen molar-refractivity contribution in [3.8, 4) is 0 Å². The molecule has 3 rings (SSSR count). The van der Waals surface area contributed by atoms with Gasteiger partial charge in [0, 0.05) is 33.0 Å². The van der Waals surface area contributed by atoms with Gasteiger partial charge < -0.3 is 14.5 Å². The first kappa shape index (κ1) is 13.8. The summed E-state index contributed by atoms with van der Waals surface area (Å²) in [4.78, 5) is 27.0. The molecule has 2 fully saturated rings. The molecule has 0 saturated carbocycles. The van der Waals surface area contributed by atoms with Gasteiger partial charge in [-0.25, -0.2) is 9.48 Å². The molecule has 21 heavy (non-hydrogen) atoms. The Morgan fingerprint density at radius 1 is 1.48 bits per heavy atom. The second-order valence-electron chi connectivity index (χ2n) is 5.65. The van der Waals surface area contributed by atoms with Crippen LogP contribution in [0, 0.1) is 0 Å². The predicted molar refractivity (Wildman–Crippen MR) is 70.1 cm³/mol. The molecule has 9 nitrogen and oxygen atoms in total. The van der Waals surface area contributed by atoms with Crippen molar-refractivity contribution in [3.05, 3.63) is 6.33 Å². The monoisotopic (exact) mass is 294 g/mol. The molecule has 0 N–H and O–H groups in total. The van der Waals surface area contributed by atoms with E-state index in [1.807, 2.05) is 0 Å². The minimum absolute atomic E-state index is 0.0885. The van der Waals surface area contributed by atoms with E-state index < -0.39 is 5.60 Å². The molecule has 0 aromatic carbocycles. The topological polar surface area (TPSA) is 93.5 Å². The molecule has 1 aromatic rings. The molecule has 1 unspecified atom stereocenters. The highest BCUT2D eigenvalue weighted by Gasteiger charge is 2.49. The summed E-state index contributed by atoms with van der Waals surface area (Å²) < 4.78 is 7.03. The van der Waals surface area contributed by atoms with E-state index in [2.05, 4.69) is 15.5 Å². The van der Waals surface area contributed by atoms with Crippen LogP contribution < -0.4 is 0 Å². The van der Waals surface area contributed by atoms with Gasteiger partial charge in [-0.05, 0) is 16.8 Å². The number of carbonyl (C=O) groups excluding carboxylic acids is 2. The average Bonchev–Trinajstić information content (AvgIpc) is 3.13. The molecule has 2 aliphatic heterocycles. The van der Waals surface area contributed by atoms with Gasteiger partial charge in [0.1, 0.15) is 6.33 Å². The fourth-order valence-corrected chi connectivity index (χ4v) is 2.90. The number of hydrogen-bond donors (Lipinski definition) is 0. The maximum absolute atomic E-state index is 12.2. The van der Waals surface area contributed by atoms with Gasteiger partial charge in [-0.15, -0.1) is 5.10 Å². The maximum Gasteiger partial charge on any atom is 0.410 e. The van der Waals surface area contributed by atoms with Crippen LogP contribution in [0.2, 0.25) is 0 Å². The molecule has 1 spiro atoms. The van der Waals surface area contributed by atoms with Gasteiger partial charge in [-0.1, -0.05) is 0 Å². The predicted octanol–water partition coefficient (Wildman–Crippen LogP) is -0.494. The van der Waals surface area contributed by atoms with Crippen LogP contribution in [0.4, 0.5) is 4.79 Å². The van der Waals surface area contributed by atoms with E-state index in [0.29, 0.717) is 45.4 Å². The van der Waals surface area contributed by atoms with E-state index in [1.165, 1.54) is 6.33 Å². The fraction of sp³-hybridized carbons (Fsp3) is 0.750. The van der Waals surface area contributed by atoms with Gasteiger partial charge >= 0.3 is 6.09 Å². The number of likely N-dealkylation sites (tertiary alicyclic amines) is 1. The lowest BCUT2D eigenvalue weighted by molar-refractivity contribution is -0.131. The zero-order valence-corrected chi connectivity index (χ0v) is 11.9. The molecule has 0 bridgehead atoms. The lowest BCUT2D eigenvalue weighted by Gasteiger charge is -2.21. The van der Waals surface area contributed by atoms with Crippen LogP contribution in [-0.2, 0) is 16.1 Å². The SMILES string of the molecule is CN1CC2(CCN(C(=O)CCCn3cnnn3)C2)OC1=O. The standard InChI is InChI=1S/C12H18N6O3/c1-16-7-12(21-11(16)20)4-6-17(8-12)10(19)3-2-5-18-9-13-14-15-18/h9H,2-8H2,1H3. The molecule has 2 saturated heterocycles. The van der Waals surface area contributed by atoms with Crippen molar-refractivity contribution in [1.29, 1.82) is 0 Å². The lowest BCUT2D eigenvalue weighted by atomic mass is 10.0. The van der Waals surface area contributed by atoms with Crippen molar-refractivity contribution in [1.82, 2.24) is 30.0 Å². The number of aromatic nitrogens is 4. The van der Waals surface area contributed by atoms with Crippen LogP contribution in [-0.4, -0.2) is 74.3 Å². The van der Waals surface area contributed by atoms with Crippen molar-refractivity contribution in [2.75, 3.05) is 26.7 Å². The molecule has 0 aliphatic carbocycles. The molecule has 114 valence electrons.